The van der Waals surface area contributed by atoms with Gasteiger partial charge in [0.1, 0.15) is 5.75 Å². The van der Waals surface area contributed by atoms with Crippen LogP contribution in [-0.2, 0) is 0 Å². The number of halogens is 1. The van der Waals surface area contributed by atoms with Gasteiger partial charge in [-0.3, -0.25) is 0 Å². The highest BCUT2D eigenvalue weighted by molar-refractivity contribution is 5.85. The quantitative estimate of drug-likeness (QED) is 0.777. The Balaban J connectivity index is 0.000000980. The van der Waals surface area contributed by atoms with Gasteiger partial charge in [-0.15, -0.1) is 12.4 Å². The average molecular weight is 215 g/mol. The number of anilines is 1. The lowest BCUT2D eigenvalue weighted by Gasteiger charge is -2.40. The van der Waals surface area contributed by atoms with E-state index in [4.69, 9.17) is 5.11 Å². The third-order valence-electron chi connectivity index (χ3n) is 2.50. The van der Waals surface area contributed by atoms with Crippen LogP contribution in [-0.4, -0.2) is 31.3 Å². The highest BCUT2D eigenvalue weighted by Crippen LogP contribution is 2.22. The van der Waals surface area contributed by atoms with Gasteiger partial charge in [0.05, 0.1) is 0 Å². The van der Waals surface area contributed by atoms with E-state index in [1.165, 1.54) is 5.69 Å². The fourth-order valence-electron chi connectivity index (χ4n) is 1.54. The third-order valence-corrected chi connectivity index (χ3v) is 2.50. The van der Waals surface area contributed by atoms with E-state index in [9.17, 15) is 0 Å². The second-order valence-electron chi connectivity index (χ2n) is 3.41. The van der Waals surface area contributed by atoms with Gasteiger partial charge in [0.25, 0.3) is 0 Å². The van der Waals surface area contributed by atoms with Crippen LogP contribution in [0.3, 0.4) is 0 Å². The average Bonchev–Trinajstić information content (AvgIpc) is 2.06. The molecule has 0 saturated carbocycles. The van der Waals surface area contributed by atoms with Crippen LogP contribution in [0.2, 0.25) is 0 Å². The number of nitrogens with one attached hydrogen (secondary N) is 1. The Kier molecular flexibility index (Phi) is 3.61. The maximum absolute atomic E-state index is 9.10. The fourth-order valence-corrected chi connectivity index (χ4v) is 1.54. The summed E-state index contributed by atoms with van der Waals surface area (Å²) in [6, 6.07) is 7.96. The predicted molar refractivity (Wildman–Crippen MR) is 60.4 cm³/mol. The van der Waals surface area contributed by atoms with Crippen molar-refractivity contribution in [3.63, 3.8) is 0 Å². The van der Waals surface area contributed by atoms with E-state index in [-0.39, 0.29) is 12.4 Å². The van der Waals surface area contributed by atoms with Gasteiger partial charge in [-0.25, -0.2) is 0 Å². The van der Waals surface area contributed by atoms with Gasteiger partial charge < -0.3 is 15.3 Å². The van der Waals surface area contributed by atoms with Crippen LogP contribution in [0.25, 0.3) is 0 Å². The van der Waals surface area contributed by atoms with Crippen LogP contribution in [0.4, 0.5) is 5.69 Å². The lowest BCUT2D eigenvalue weighted by Crippen LogP contribution is -2.57. The Labute approximate surface area is 90.1 Å². The molecule has 0 radical (unpaired) electrons. The molecular formula is C10H15ClN2O. The summed E-state index contributed by atoms with van der Waals surface area (Å²) in [7, 11) is 1.98. The summed E-state index contributed by atoms with van der Waals surface area (Å²) < 4.78 is 0. The number of benzene rings is 1. The number of hydrogen-bond donors (Lipinski definition) is 2. The van der Waals surface area contributed by atoms with Crippen molar-refractivity contribution < 1.29 is 5.11 Å². The summed E-state index contributed by atoms with van der Waals surface area (Å²) >= 11 is 0. The Hall–Kier alpha value is -0.930. The van der Waals surface area contributed by atoms with Gasteiger partial charge in [0.2, 0.25) is 0 Å². The van der Waals surface area contributed by atoms with Crippen molar-refractivity contribution in [2.75, 3.05) is 25.0 Å². The van der Waals surface area contributed by atoms with Gasteiger partial charge in [-0.2, -0.15) is 0 Å². The molecule has 0 unspecified atom stereocenters. The smallest absolute Gasteiger partial charge is 0.115 e. The molecule has 0 atom stereocenters. The molecule has 1 fully saturated rings. The van der Waals surface area contributed by atoms with Crippen molar-refractivity contribution in [2.24, 2.45) is 0 Å². The number of phenols is 1. The molecule has 1 aromatic rings. The molecule has 78 valence electrons. The molecule has 2 rings (SSSR count). The molecule has 0 bridgehead atoms. The minimum atomic E-state index is 0. The maximum Gasteiger partial charge on any atom is 0.115 e. The van der Waals surface area contributed by atoms with Crippen LogP contribution in [0.15, 0.2) is 24.3 Å². The molecule has 1 aromatic carbocycles. The van der Waals surface area contributed by atoms with Gasteiger partial charge >= 0.3 is 0 Å². The number of likely N-dealkylation sites (N-methyl/N-ethyl adjacent to an activating group) is 1. The summed E-state index contributed by atoms with van der Waals surface area (Å²) in [5.74, 6) is 0.328. The van der Waals surface area contributed by atoms with Crippen LogP contribution >= 0.6 is 12.4 Å². The molecule has 3 nitrogen and oxygen atoms in total. The maximum atomic E-state index is 9.10. The first-order valence-electron chi connectivity index (χ1n) is 4.51. The largest absolute Gasteiger partial charge is 0.508 e. The predicted octanol–water partition coefficient (Wildman–Crippen LogP) is 1.22. The molecular weight excluding hydrogens is 200 g/mol. The fraction of sp³-hybridized carbons (Fsp3) is 0.400. The molecule has 0 aromatic heterocycles. The van der Waals surface area contributed by atoms with Crippen molar-refractivity contribution in [2.45, 2.75) is 6.04 Å². The number of phenolic OH excluding ortho intramolecular Hbond substituents is 1. The number of hydrogen-bond acceptors (Lipinski definition) is 3. The number of rotatable bonds is 2. The number of aromatic hydroxyl groups is 1. The standard InChI is InChI=1S/C10H14N2O.ClH/c1-11-8-6-12(7-8)9-2-4-10(13)5-3-9;/h2-5,8,11,13H,6-7H2,1H3;1H. The topological polar surface area (TPSA) is 35.5 Å². The normalized spacial score (nSPS) is 15.9. The molecule has 0 aliphatic carbocycles. The first kappa shape index (κ1) is 11.1. The van der Waals surface area contributed by atoms with Gasteiger partial charge in [-0.05, 0) is 31.3 Å². The Morgan fingerprint density at radius 1 is 1.29 bits per heavy atom. The zero-order valence-corrected chi connectivity index (χ0v) is 8.92. The van der Waals surface area contributed by atoms with Crippen molar-refractivity contribution in [3.05, 3.63) is 24.3 Å². The van der Waals surface area contributed by atoms with Gasteiger partial charge in [0, 0.05) is 24.8 Å². The zero-order chi connectivity index (χ0) is 9.26. The van der Waals surface area contributed by atoms with Gasteiger partial charge in [-0.1, -0.05) is 0 Å². The molecule has 0 spiro atoms. The molecule has 4 heteroatoms. The Morgan fingerprint density at radius 3 is 2.36 bits per heavy atom. The van der Waals surface area contributed by atoms with E-state index in [1.54, 1.807) is 12.1 Å². The second kappa shape index (κ2) is 4.53. The molecule has 1 saturated heterocycles. The van der Waals surface area contributed by atoms with Crippen molar-refractivity contribution in [3.8, 4) is 5.75 Å². The molecule has 1 aliphatic rings. The summed E-state index contributed by atoms with van der Waals surface area (Å²) in [4.78, 5) is 2.28. The minimum Gasteiger partial charge on any atom is -0.508 e. The zero-order valence-electron chi connectivity index (χ0n) is 8.10. The summed E-state index contributed by atoms with van der Waals surface area (Å²) in [6.45, 7) is 2.11. The van der Waals surface area contributed by atoms with Crippen molar-refractivity contribution in [1.29, 1.82) is 0 Å². The van der Waals surface area contributed by atoms with E-state index in [1.807, 2.05) is 19.2 Å². The van der Waals surface area contributed by atoms with Crippen molar-refractivity contribution >= 4 is 18.1 Å². The van der Waals surface area contributed by atoms with E-state index >= 15 is 0 Å². The van der Waals surface area contributed by atoms with E-state index in [0.29, 0.717) is 11.8 Å². The Bertz CT molecular complexity index is 283. The van der Waals surface area contributed by atoms with Crippen LogP contribution in [0.1, 0.15) is 0 Å². The van der Waals surface area contributed by atoms with Crippen LogP contribution < -0.4 is 10.2 Å². The Morgan fingerprint density at radius 2 is 1.86 bits per heavy atom. The SMILES string of the molecule is CNC1CN(c2ccc(O)cc2)C1.Cl. The minimum absolute atomic E-state index is 0. The van der Waals surface area contributed by atoms with Crippen LogP contribution in [0.5, 0.6) is 5.75 Å². The lowest BCUT2D eigenvalue weighted by atomic mass is 10.1. The molecule has 14 heavy (non-hydrogen) atoms. The second-order valence-corrected chi connectivity index (χ2v) is 3.41. The summed E-state index contributed by atoms with van der Waals surface area (Å²) in [6.07, 6.45) is 0. The van der Waals surface area contributed by atoms with E-state index in [2.05, 4.69) is 10.2 Å². The lowest BCUT2D eigenvalue weighted by molar-refractivity contribution is 0.449. The summed E-state index contributed by atoms with van der Waals surface area (Å²) in [5.41, 5.74) is 1.18. The van der Waals surface area contributed by atoms with Gasteiger partial charge in [0.15, 0.2) is 0 Å². The van der Waals surface area contributed by atoms with E-state index < -0.39 is 0 Å². The highest BCUT2D eigenvalue weighted by atomic mass is 35.5. The van der Waals surface area contributed by atoms with Crippen molar-refractivity contribution in [1.82, 2.24) is 5.32 Å². The molecule has 0 amide bonds. The highest BCUT2D eigenvalue weighted by Gasteiger charge is 2.24. The van der Waals surface area contributed by atoms with E-state index in [0.717, 1.165) is 13.1 Å². The third kappa shape index (κ3) is 2.11. The number of nitrogens with zero attached hydrogens (tertiary/aromatic N) is 1. The molecule has 1 heterocycles. The first-order chi connectivity index (χ1) is 6.29. The molecule has 1 aliphatic heterocycles. The van der Waals surface area contributed by atoms with Crippen LogP contribution in [0, 0.1) is 0 Å². The molecule has 2 N–H and O–H groups in total. The monoisotopic (exact) mass is 214 g/mol. The first-order valence-corrected chi connectivity index (χ1v) is 4.51. The summed E-state index contributed by atoms with van der Waals surface area (Å²) in [5, 5.41) is 12.3.